The number of thioether (sulfide) groups is 2. The number of hydrogen-bond donors (Lipinski definition) is 7. The second-order valence-electron chi connectivity index (χ2n) is 18.3. The zero-order valence-electron chi connectivity index (χ0n) is 44.8. The number of benzene rings is 6. The van der Waals surface area contributed by atoms with Gasteiger partial charge in [-0.1, -0.05) is 182 Å². The Bertz CT molecular complexity index is 2840. The number of esters is 1. The van der Waals surface area contributed by atoms with Gasteiger partial charge in [0, 0.05) is 23.8 Å². The number of nitrogens with one attached hydrogen (secondary N) is 7. The maximum atomic E-state index is 14.3. The molecule has 81 heavy (non-hydrogen) atoms. The highest BCUT2D eigenvalue weighted by atomic mass is 32.2. The summed E-state index contributed by atoms with van der Waals surface area (Å²) < 4.78 is 14.8. The second kappa shape index (κ2) is 33.7. The lowest BCUT2D eigenvalue weighted by atomic mass is 9.84. The van der Waals surface area contributed by atoms with E-state index in [0.29, 0.717) is 18.6 Å². The predicted molar refractivity (Wildman–Crippen MR) is 311 cm³/mol. The number of ether oxygens (including phenoxy) is 3. The minimum atomic E-state index is -1.25. The first kappa shape index (κ1) is 61.6. The van der Waals surface area contributed by atoms with Crippen LogP contribution in [0.3, 0.4) is 0 Å². The Morgan fingerprint density at radius 3 is 1.38 bits per heavy atom. The number of methoxy groups -OCH3 is 1. The van der Waals surface area contributed by atoms with Crippen molar-refractivity contribution < 1.29 is 52.6 Å². The van der Waals surface area contributed by atoms with Crippen molar-refractivity contribution in [2.45, 2.75) is 61.1 Å². The van der Waals surface area contributed by atoms with Gasteiger partial charge in [0.05, 0.1) is 31.5 Å². The molecule has 6 aromatic rings. The summed E-state index contributed by atoms with van der Waals surface area (Å²) in [5.74, 6) is -3.50. The monoisotopic (exact) mass is 1140 g/mol. The van der Waals surface area contributed by atoms with Crippen LogP contribution in [-0.4, -0.2) is 111 Å². The fraction of sp³-hybridized carbons (Fsp3) is 0.279. The first-order valence-electron chi connectivity index (χ1n) is 26.3. The Hall–Kier alpha value is -8.62. The lowest BCUT2D eigenvalue weighted by molar-refractivity contribution is -0.144. The van der Waals surface area contributed by atoms with Crippen molar-refractivity contribution in [2.24, 2.45) is 0 Å². The number of amides is 7. The molecule has 0 saturated carbocycles. The second-order valence-corrected chi connectivity index (χ2v) is 20.6. The lowest BCUT2D eigenvalue weighted by Gasteiger charge is -2.36. The molecule has 0 spiro atoms. The minimum absolute atomic E-state index is 0.00511. The van der Waals surface area contributed by atoms with Crippen LogP contribution in [0, 0.1) is 0 Å². The number of unbranched alkanes of at least 4 members (excludes halogenated alkanes) is 1. The summed E-state index contributed by atoms with van der Waals surface area (Å²) in [6.45, 7) is -1.54. The number of alkyl carbamates (subject to hydrolysis) is 2. The van der Waals surface area contributed by atoms with E-state index in [1.165, 1.54) is 30.6 Å². The van der Waals surface area contributed by atoms with Crippen LogP contribution in [0.4, 0.5) is 9.59 Å². The van der Waals surface area contributed by atoms with Gasteiger partial charge in [-0.15, -0.1) is 11.8 Å². The van der Waals surface area contributed by atoms with E-state index in [1.807, 2.05) is 170 Å². The highest BCUT2D eigenvalue weighted by Gasteiger charge is 2.39. The van der Waals surface area contributed by atoms with Gasteiger partial charge in [0.1, 0.15) is 31.3 Å². The number of rotatable bonds is 31. The van der Waals surface area contributed by atoms with Crippen LogP contribution < -0.4 is 37.2 Å². The van der Waals surface area contributed by atoms with Crippen molar-refractivity contribution in [3.63, 3.8) is 0 Å². The Kier molecular flexibility index (Phi) is 25.6. The Balaban J connectivity index is 1.10. The first-order chi connectivity index (χ1) is 39.4. The van der Waals surface area contributed by atoms with Crippen LogP contribution in [-0.2, 0) is 66.7 Å². The van der Waals surface area contributed by atoms with Crippen molar-refractivity contribution >= 4 is 71.2 Å². The zero-order valence-corrected chi connectivity index (χ0v) is 46.5. The van der Waals surface area contributed by atoms with Gasteiger partial charge in [0.15, 0.2) is 0 Å². The SMILES string of the molecule is COC(=O)C(CSCc1ccccc1)NC(=O)CNC(=O)CNC(=O)C(CCCCNC(=O)OCc1ccccc1)NC(=O)CNC(=O)C(CSC(c1ccccc1)(c1ccccc1)c1ccccc1)NC(=O)OCc1ccccc1. The van der Waals surface area contributed by atoms with Crippen molar-refractivity contribution in [3.05, 3.63) is 215 Å². The van der Waals surface area contributed by atoms with Gasteiger partial charge in [-0.05, 0) is 52.6 Å². The van der Waals surface area contributed by atoms with Crippen LogP contribution in [0.5, 0.6) is 0 Å². The smallest absolute Gasteiger partial charge is 0.408 e. The van der Waals surface area contributed by atoms with E-state index in [0.717, 1.165) is 33.4 Å². The molecular formula is C61H67N7O11S2. The summed E-state index contributed by atoms with van der Waals surface area (Å²) in [4.78, 5) is 106. The molecule has 3 atom stereocenters. The third-order valence-corrected chi connectivity index (χ3v) is 15.1. The number of carbonyl (C=O) groups is 8. The molecule has 0 radical (unpaired) electrons. The molecule has 7 N–H and O–H groups in total. The highest BCUT2D eigenvalue weighted by molar-refractivity contribution is 8.00. The lowest BCUT2D eigenvalue weighted by Crippen LogP contribution is -2.54. The molecule has 6 aromatic carbocycles. The van der Waals surface area contributed by atoms with E-state index in [-0.39, 0.29) is 37.7 Å². The van der Waals surface area contributed by atoms with Gasteiger partial charge in [0.25, 0.3) is 0 Å². The average Bonchev–Trinajstić information content (AvgIpc) is 3.61. The topological polar surface area (TPSA) is 248 Å². The van der Waals surface area contributed by atoms with E-state index < -0.39 is 90.2 Å². The van der Waals surface area contributed by atoms with Gasteiger partial charge < -0.3 is 51.4 Å². The van der Waals surface area contributed by atoms with E-state index in [1.54, 1.807) is 12.1 Å². The molecule has 7 amide bonds. The summed E-state index contributed by atoms with van der Waals surface area (Å²) >= 11 is 2.83. The summed E-state index contributed by atoms with van der Waals surface area (Å²) in [6, 6.07) is 53.7. The quantitative estimate of drug-likeness (QED) is 0.0106. The summed E-state index contributed by atoms with van der Waals surface area (Å²) in [7, 11) is 1.21. The fourth-order valence-electron chi connectivity index (χ4n) is 8.27. The summed E-state index contributed by atoms with van der Waals surface area (Å²) in [6.07, 6.45) is -0.788. The normalized spacial score (nSPS) is 12.0. The van der Waals surface area contributed by atoms with Gasteiger partial charge in [-0.2, -0.15) is 11.8 Å². The minimum Gasteiger partial charge on any atom is -0.467 e. The summed E-state index contributed by atoms with van der Waals surface area (Å²) in [5, 5.41) is 18.2. The van der Waals surface area contributed by atoms with Gasteiger partial charge in [0.2, 0.25) is 29.5 Å². The van der Waals surface area contributed by atoms with Crippen LogP contribution in [0.25, 0.3) is 0 Å². The molecule has 0 saturated heterocycles. The molecule has 0 aliphatic carbocycles. The molecule has 0 aliphatic heterocycles. The highest BCUT2D eigenvalue weighted by Crippen LogP contribution is 2.48. The molecule has 6 rings (SSSR count). The maximum absolute atomic E-state index is 14.3. The molecule has 0 fully saturated rings. The molecule has 3 unspecified atom stereocenters. The molecule has 0 heterocycles. The molecule has 424 valence electrons. The molecular weight excluding hydrogens is 1070 g/mol. The standard InChI is InChI=1S/C61H67N7O11S2/c1-77-58(74)52(42-80-41-46-26-12-4-13-27-46)67-54(70)37-63-53(69)36-64-56(72)50(34-20-21-35-62-59(75)78-39-44-22-8-2-9-23-44)66-55(71)38-65-57(73)51(68-60(76)79-40-45-24-10-3-11-25-45)43-81-61(47-28-14-5-15-29-47,48-30-16-6-17-31-48)49-32-18-7-19-33-49/h2-19,22-33,50-52H,20-21,34-43H2,1H3,(H,62,75)(H,63,69)(H,64,72)(H,65,73)(H,66,71)(H,67,70)(H,68,76). The van der Waals surface area contributed by atoms with E-state index in [4.69, 9.17) is 14.2 Å². The molecule has 18 nitrogen and oxygen atoms in total. The Morgan fingerprint density at radius 2 is 0.877 bits per heavy atom. The van der Waals surface area contributed by atoms with Crippen molar-refractivity contribution in [3.8, 4) is 0 Å². The van der Waals surface area contributed by atoms with Gasteiger partial charge >= 0.3 is 18.2 Å². The third kappa shape index (κ3) is 20.8. The molecule has 0 bridgehead atoms. The van der Waals surface area contributed by atoms with Crippen LogP contribution >= 0.6 is 23.5 Å². The maximum Gasteiger partial charge on any atom is 0.408 e. The first-order valence-corrected chi connectivity index (χ1v) is 28.4. The van der Waals surface area contributed by atoms with Gasteiger partial charge in [-0.3, -0.25) is 24.0 Å². The third-order valence-electron chi connectivity index (χ3n) is 12.4. The van der Waals surface area contributed by atoms with Crippen molar-refractivity contribution in [2.75, 3.05) is 44.8 Å². The average molecular weight is 1140 g/mol. The Morgan fingerprint density at radius 1 is 0.444 bits per heavy atom. The zero-order chi connectivity index (χ0) is 57.5. The number of hydrogen-bond acceptors (Lipinski definition) is 13. The van der Waals surface area contributed by atoms with Crippen LogP contribution in [0.2, 0.25) is 0 Å². The largest absolute Gasteiger partial charge is 0.467 e. The van der Waals surface area contributed by atoms with Crippen LogP contribution in [0.1, 0.15) is 52.6 Å². The van der Waals surface area contributed by atoms with Crippen molar-refractivity contribution in [1.82, 2.24) is 37.2 Å². The van der Waals surface area contributed by atoms with Gasteiger partial charge in [-0.25, -0.2) is 14.4 Å². The van der Waals surface area contributed by atoms with E-state index >= 15 is 0 Å². The van der Waals surface area contributed by atoms with E-state index in [9.17, 15) is 38.4 Å². The number of carbonyl (C=O) groups excluding carboxylic acids is 8. The van der Waals surface area contributed by atoms with E-state index in [2.05, 4.69) is 37.2 Å². The molecule has 20 heteroatoms. The Labute approximate surface area is 480 Å². The predicted octanol–water partition coefficient (Wildman–Crippen LogP) is 6.53. The molecule has 0 aromatic heterocycles. The summed E-state index contributed by atoms with van der Waals surface area (Å²) in [5.41, 5.74) is 5.31. The fourth-order valence-corrected chi connectivity index (χ4v) is 10.8. The van der Waals surface area contributed by atoms with Crippen molar-refractivity contribution in [1.29, 1.82) is 0 Å². The molecule has 0 aliphatic rings. The van der Waals surface area contributed by atoms with Crippen LogP contribution in [0.15, 0.2) is 182 Å².